The lowest BCUT2D eigenvalue weighted by atomic mass is 9.92. The van der Waals surface area contributed by atoms with E-state index < -0.39 is 18.6 Å². The van der Waals surface area contributed by atoms with Crippen molar-refractivity contribution in [3.8, 4) is 0 Å². The van der Waals surface area contributed by atoms with Gasteiger partial charge in [0.15, 0.2) is 0 Å². The highest BCUT2D eigenvalue weighted by Crippen LogP contribution is 2.29. The number of fused-ring (bicyclic) bond motifs is 1. The van der Waals surface area contributed by atoms with Crippen molar-refractivity contribution in [2.24, 2.45) is 0 Å². The summed E-state index contributed by atoms with van der Waals surface area (Å²) in [7, 11) is 0. The Bertz CT molecular complexity index is 1100. The summed E-state index contributed by atoms with van der Waals surface area (Å²) in [5, 5.41) is 10.3. The molecule has 2 aromatic carbocycles. The molecule has 0 atom stereocenters. The molecule has 162 valence electrons. The van der Waals surface area contributed by atoms with E-state index in [9.17, 15) is 22.8 Å². The monoisotopic (exact) mass is 430 g/mol. The van der Waals surface area contributed by atoms with E-state index in [4.69, 9.17) is 0 Å². The Morgan fingerprint density at radius 3 is 2.55 bits per heavy atom. The number of benzene rings is 2. The molecule has 6 nitrogen and oxygen atoms in total. The first-order valence-corrected chi connectivity index (χ1v) is 9.99. The van der Waals surface area contributed by atoms with Crippen molar-refractivity contribution in [3.63, 3.8) is 0 Å². The lowest BCUT2D eigenvalue weighted by Gasteiger charge is -2.31. The molecule has 2 heterocycles. The van der Waals surface area contributed by atoms with Gasteiger partial charge in [-0.15, -0.1) is 0 Å². The average molecular weight is 430 g/mol. The lowest BCUT2D eigenvalue weighted by Crippen LogP contribution is -2.38. The molecule has 1 aliphatic heterocycles. The topological polar surface area (TPSA) is 78.1 Å². The summed E-state index contributed by atoms with van der Waals surface area (Å²) < 4.78 is 36.8. The maximum absolute atomic E-state index is 13.1. The van der Waals surface area contributed by atoms with Crippen LogP contribution in [0.2, 0.25) is 0 Å². The molecule has 2 N–H and O–H groups in total. The Morgan fingerprint density at radius 2 is 1.81 bits per heavy atom. The molecule has 1 aliphatic rings. The number of H-pyrrole nitrogens is 1. The number of alkyl halides is 3. The van der Waals surface area contributed by atoms with Gasteiger partial charge in [0.05, 0.1) is 0 Å². The summed E-state index contributed by atoms with van der Waals surface area (Å²) in [6.07, 6.45) is -3.14. The second-order valence-electron chi connectivity index (χ2n) is 7.60. The molecule has 0 saturated carbocycles. The zero-order chi connectivity index (χ0) is 22.0. The zero-order valence-corrected chi connectivity index (χ0v) is 16.6. The second kappa shape index (κ2) is 8.41. The number of carbonyl (C=O) groups is 2. The molecule has 2 amide bonds. The Labute approximate surface area is 176 Å². The van der Waals surface area contributed by atoms with Crippen LogP contribution in [0, 0.1) is 0 Å². The smallest absolute Gasteiger partial charge is 0.342 e. The number of rotatable bonds is 4. The third kappa shape index (κ3) is 4.70. The second-order valence-corrected chi connectivity index (χ2v) is 7.60. The van der Waals surface area contributed by atoms with Crippen molar-refractivity contribution in [3.05, 3.63) is 65.5 Å². The van der Waals surface area contributed by atoms with Crippen LogP contribution in [0.4, 0.5) is 13.2 Å². The number of halogens is 3. The standard InChI is InChI=1S/C22H21F3N4O2/c23-22(24,25)13-26-20(30)19-12-18(27-28-19)15-8-10-29(11-9-15)21(31)17-7-3-5-14-4-1-2-6-16(14)17/h1-7,12,15H,8-11,13H2,(H,26,30)(H,27,28). The number of likely N-dealkylation sites (tertiary alicyclic amines) is 1. The van der Waals surface area contributed by atoms with E-state index >= 15 is 0 Å². The number of aromatic nitrogens is 2. The number of amides is 2. The van der Waals surface area contributed by atoms with Crippen molar-refractivity contribution in [2.45, 2.75) is 24.9 Å². The SMILES string of the molecule is O=C(NCC(F)(F)F)c1cc(C2CCN(C(=O)c3cccc4ccccc34)CC2)[nH]n1. The molecule has 0 aliphatic carbocycles. The van der Waals surface area contributed by atoms with Gasteiger partial charge in [0.1, 0.15) is 12.2 Å². The molecular weight excluding hydrogens is 409 g/mol. The van der Waals surface area contributed by atoms with Crippen molar-refractivity contribution < 1.29 is 22.8 Å². The van der Waals surface area contributed by atoms with Gasteiger partial charge in [-0.25, -0.2) is 0 Å². The van der Waals surface area contributed by atoms with E-state index in [2.05, 4.69) is 10.2 Å². The van der Waals surface area contributed by atoms with Gasteiger partial charge in [-0.3, -0.25) is 14.7 Å². The van der Waals surface area contributed by atoms with E-state index in [0.29, 0.717) is 37.2 Å². The van der Waals surface area contributed by atoms with Crippen molar-refractivity contribution >= 4 is 22.6 Å². The van der Waals surface area contributed by atoms with Crippen LogP contribution in [0.1, 0.15) is 45.3 Å². The molecule has 1 fully saturated rings. The predicted octanol–water partition coefficient (Wildman–Crippen LogP) is 3.87. The minimum absolute atomic E-state index is 0.0212. The molecule has 0 spiro atoms. The fourth-order valence-corrected chi connectivity index (χ4v) is 3.91. The predicted molar refractivity (Wildman–Crippen MR) is 109 cm³/mol. The molecule has 1 saturated heterocycles. The summed E-state index contributed by atoms with van der Waals surface area (Å²) in [6, 6.07) is 14.9. The minimum atomic E-state index is -4.47. The Kier molecular flexibility index (Phi) is 5.67. The molecule has 31 heavy (non-hydrogen) atoms. The van der Waals surface area contributed by atoms with Crippen LogP contribution >= 0.6 is 0 Å². The third-order valence-corrected chi connectivity index (χ3v) is 5.52. The quantitative estimate of drug-likeness (QED) is 0.660. The number of piperidine rings is 1. The molecule has 4 rings (SSSR count). The molecule has 0 bridgehead atoms. The van der Waals surface area contributed by atoms with Gasteiger partial charge >= 0.3 is 6.18 Å². The molecule has 0 radical (unpaired) electrons. The summed E-state index contributed by atoms with van der Waals surface area (Å²) >= 11 is 0. The summed E-state index contributed by atoms with van der Waals surface area (Å²) in [4.78, 5) is 26.7. The molecule has 1 aromatic heterocycles. The highest BCUT2D eigenvalue weighted by molar-refractivity contribution is 6.07. The van der Waals surface area contributed by atoms with Gasteiger partial charge in [-0.2, -0.15) is 18.3 Å². The van der Waals surface area contributed by atoms with E-state index in [1.807, 2.05) is 52.7 Å². The average Bonchev–Trinajstić information content (AvgIpc) is 3.26. The van der Waals surface area contributed by atoms with E-state index in [1.54, 1.807) is 0 Å². The van der Waals surface area contributed by atoms with Crippen molar-refractivity contribution in [1.82, 2.24) is 20.4 Å². The van der Waals surface area contributed by atoms with E-state index in [-0.39, 0.29) is 17.5 Å². The number of hydrogen-bond acceptors (Lipinski definition) is 3. The number of carbonyl (C=O) groups excluding carboxylic acids is 2. The Balaban J connectivity index is 1.38. The van der Waals surface area contributed by atoms with Crippen LogP contribution < -0.4 is 5.32 Å². The third-order valence-electron chi connectivity index (χ3n) is 5.52. The van der Waals surface area contributed by atoms with Crippen molar-refractivity contribution in [2.75, 3.05) is 19.6 Å². The van der Waals surface area contributed by atoms with Crippen LogP contribution in [0.15, 0.2) is 48.5 Å². The maximum atomic E-state index is 13.1. The summed E-state index contributed by atoms with van der Waals surface area (Å²) in [5.74, 6) is -0.844. The summed E-state index contributed by atoms with van der Waals surface area (Å²) in [5.41, 5.74) is 1.28. The first-order valence-electron chi connectivity index (χ1n) is 9.99. The molecule has 3 aromatic rings. The van der Waals surface area contributed by atoms with Crippen molar-refractivity contribution in [1.29, 1.82) is 0 Å². The van der Waals surface area contributed by atoms with Crippen LogP contribution in [-0.4, -0.2) is 52.7 Å². The van der Waals surface area contributed by atoms with E-state index in [1.165, 1.54) is 6.07 Å². The van der Waals surface area contributed by atoms with Gasteiger partial charge in [-0.1, -0.05) is 36.4 Å². The first kappa shape index (κ1) is 20.9. The fourth-order valence-electron chi connectivity index (χ4n) is 3.91. The fraction of sp³-hybridized carbons (Fsp3) is 0.318. The normalized spacial score (nSPS) is 15.3. The Hall–Kier alpha value is -3.36. The highest BCUT2D eigenvalue weighted by Gasteiger charge is 2.29. The van der Waals surface area contributed by atoms with E-state index in [0.717, 1.165) is 10.8 Å². The molecule has 0 unspecified atom stereocenters. The van der Waals surface area contributed by atoms with Crippen LogP contribution in [-0.2, 0) is 0 Å². The first-order chi connectivity index (χ1) is 14.8. The van der Waals surface area contributed by atoms with Crippen LogP contribution in [0.5, 0.6) is 0 Å². The largest absolute Gasteiger partial charge is 0.405 e. The number of nitrogens with zero attached hydrogens (tertiary/aromatic N) is 2. The Morgan fingerprint density at radius 1 is 1.10 bits per heavy atom. The van der Waals surface area contributed by atoms with Gasteiger partial charge in [0.2, 0.25) is 0 Å². The van der Waals surface area contributed by atoms with Crippen LogP contribution in [0.25, 0.3) is 10.8 Å². The zero-order valence-electron chi connectivity index (χ0n) is 16.6. The molecule has 9 heteroatoms. The van der Waals surface area contributed by atoms with Crippen LogP contribution in [0.3, 0.4) is 0 Å². The maximum Gasteiger partial charge on any atom is 0.405 e. The number of aromatic amines is 1. The van der Waals surface area contributed by atoms with Gasteiger partial charge in [-0.05, 0) is 35.7 Å². The number of hydrogen-bond donors (Lipinski definition) is 2. The summed E-state index contributed by atoms with van der Waals surface area (Å²) in [6.45, 7) is -0.314. The lowest BCUT2D eigenvalue weighted by molar-refractivity contribution is -0.123. The highest BCUT2D eigenvalue weighted by atomic mass is 19.4. The molecular formula is C22H21F3N4O2. The number of nitrogens with one attached hydrogen (secondary N) is 2. The van der Waals surface area contributed by atoms with Gasteiger partial charge in [0.25, 0.3) is 11.8 Å². The van der Waals surface area contributed by atoms with Gasteiger partial charge in [0, 0.05) is 30.3 Å². The van der Waals surface area contributed by atoms with Gasteiger partial charge < -0.3 is 10.2 Å². The minimum Gasteiger partial charge on any atom is -0.342 e.